The van der Waals surface area contributed by atoms with Crippen LogP contribution in [0, 0.1) is 17.1 Å². The van der Waals surface area contributed by atoms with Crippen LogP contribution in [0.5, 0.6) is 6.01 Å². The summed E-state index contributed by atoms with van der Waals surface area (Å²) >= 11 is 6.49. The maximum atomic E-state index is 14.6. The van der Waals surface area contributed by atoms with Crippen molar-refractivity contribution >= 4 is 39.8 Å². The Morgan fingerprint density at radius 3 is 2.76 bits per heavy atom. The quantitative estimate of drug-likeness (QED) is 0.325. The number of nitriles is 1. The van der Waals surface area contributed by atoms with Gasteiger partial charge in [-0.2, -0.15) is 15.2 Å². The molecule has 236 valence electrons. The molecule has 12 heteroatoms. The van der Waals surface area contributed by atoms with Gasteiger partial charge in [0.15, 0.2) is 5.83 Å². The normalized spacial score (nSPS) is 21.6. The van der Waals surface area contributed by atoms with Gasteiger partial charge in [0, 0.05) is 48.9 Å². The number of piperazine rings is 1. The monoisotopic (exact) mass is 635 g/mol. The van der Waals surface area contributed by atoms with Gasteiger partial charge in [0.2, 0.25) is 0 Å². The molecule has 3 atom stereocenters. The van der Waals surface area contributed by atoms with E-state index in [1.54, 1.807) is 6.07 Å². The Bertz CT molecular complexity index is 1680. The molecular weight excluding hydrogens is 600 g/mol. The van der Waals surface area contributed by atoms with Crippen molar-refractivity contribution in [2.75, 3.05) is 50.1 Å². The van der Waals surface area contributed by atoms with E-state index in [1.807, 2.05) is 32.3 Å². The van der Waals surface area contributed by atoms with Crippen LogP contribution < -0.4 is 14.5 Å². The number of halogens is 3. The molecule has 1 aliphatic carbocycles. The molecular formula is C33H36ClF2N7O2. The lowest BCUT2D eigenvalue weighted by atomic mass is 10.0. The number of carbonyl (C=O) groups excluding carboxylic acids is 1. The third-order valence-corrected chi connectivity index (χ3v) is 9.59. The van der Waals surface area contributed by atoms with E-state index >= 15 is 0 Å². The molecule has 2 aliphatic heterocycles. The Labute approximate surface area is 266 Å². The molecule has 45 heavy (non-hydrogen) atoms. The van der Waals surface area contributed by atoms with Crippen LogP contribution in [0.2, 0.25) is 5.02 Å². The summed E-state index contributed by atoms with van der Waals surface area (Å²) in [6.07, 6.45) is 3.54. The number of nitrogens with zero attached hydrogens (tertiary/aromatic N) is 7. The molecule has 2 fully saturated rings. The number of amides is 1. The van der Waals surface area contributed by atoms with E-state index in [0.29, 0.717) is 43.8 Å². The summed E-state index contributed by atoms with van der Waals surface area (Å²) in [4.78, 5) is 30.2. The lowest BCUT2D eigenvalue weighted by Gasteiger charge is -2.42. The molecule has 6 rings (SSSR count). The van der Waals surface area contributed by atoms with E-state index < -0.39 is 23.6 Å². The Kier molecular flexibility index (Phi) is 8.80. The second kappa shape index (κ2) is 12.8. The van der Waals surface area contributed by atoms with E-state index in [-0.39, 0.29) is 36.1 Å². The number of ether oxygens (including phenoxy) is 1. The highest BCUT2D eigenvalue weighted by Gasteiger charge is 2.36. The van der Waals surface area contributed by atoms with E-state index in [0.717, 1.165) is 41.6 Å². The van der Waals surface area contributed by atoms with Gasteiger partial charge in [-0.25, -0.2) is 8.78 Å². The minimum atomic E-state index is -1.04. The molecule has 1 saturated carbocycles. The first kappa shape index (κ1) is 31.0. The van der Waals surface area contributed by atoms with Crippen molar-refractivity contribution in [2.45, 2.75) is 56.8 Å². The fraction of sp³-hybridized carbons (Fsp3) is 0.455. The van der Waals surface area contributed by atoms with E-state index in [2.05, 4.69) is 27.3 Å². The van der Waals surface area contributed by atoms with Crippen molar-refractivity contribution in [1.82, 2.24) is 19.8 Å². The van der Waals surface area contributed by atoms with Gasteiger partial charge in [0.25, 0.3) is 5.91 Å². The van der Waals surface area contributed by atoms with Crippen molar-refractivity contribution in [2.24, 2.45) is 0 Å². The third-order valence-electron chi connectivity index (χ3n) is 9.22. The number of anilines is 2. The van der Waals surface area contributed by atoms with Gasteiger partial charge in [-0.15, -0.1) is 0 Å². The van der Waals surface area contributed by atoms with Gasteiger partial charge in [-0.05, 0) is 57.3 Å². The first-order valence-corrected chi connectivity index (χ1v) is 15.7. The molecule has 1 aromatic heterocycles. The molecule has 0 N–H and O–H groups in total. The fourth-order valence-electron chi connectivity index (χ4n) is 6.98. The van der Waals surface area contributed by atoms with Gasteiger partial charge in [0.1, 0.15) is 17.7 Å². The van der Waals surface area contributed by atoms with Crippen molar-refractivity contribution in [1.29, 1.82) is 5.26 Å². The second-order valence-electron chi connectivity index (χ2n) is 12.1. The second-order valence-corrected chi connectivity index (χ2v) is 12.5. The number of likely N-dealkylation sites (N-methyl/N-ethyl adjacent to an activating group) is 1. The van der Waals surface area contributed by atoms with Crippen LogP contribution in [0.4, 0.5) is 20.3 Å². The summed E-state index contributed by atoms with van der Waals surface area (Å²) in [5, 5.41) is 11.1. The van der Waals surface area contributed by atoms with Crippen molar-refractivity contribution in [3.05, 3.63) is 64.8 Å². The first-order chi connectivity index (χ1) is 21.7. The van der Waals surface area contributed by atoms with Gasteiger partial charge < -0.3 is 24.3 Å². The molecule has 9 nitrogen and oxygen atoms in total. The maximum Gasteiger partial charge on any atom is 0.319 e. The number of hydrogen-bond donors (Lipinski definition) is 0. The van der Waals surface area contributed by atoms with Crippen molar-refractivity contribution < 1.29 is 18.3 Å². The van der Waals surface area contributed by atoms with Crippen molar-refractivity contribution in [3.63, 3.8) is 0 Å². The molecule has 0 unspecified atom stereocenters. The predicted molar refractivity (Wildman–Crippen MR) is 170 cm³/mol. The van der Waals surface area contributed by atoms with E-state index in [4.69, 9.17) is 26.3 Å². The van der Waals surface area contributed by atoms with Crippen LogP contribution in [0.1, 0.15) is 36.9 Å². The number of carbonyl (C=O) groups is 1. The topological polar surface area (TPSA) is 88.8 Å². The lowest BCUT2D eigenvalue weighted by molar-refractivity contribution is -0.131. The summed E-state index contributed by atoms with van der Waals surface area (Å²) < 4.78 is 34.9. The largest absolute Gasteiger partial charge is 0.458 e. The van der Waals surface area contributed by atoms with Crippen LogP contribution in [0.3, 0.4) is 0 Å². The minimum Gasteiger partial charge on any atom is -0.458 e. The Morgan fingerprint density at radius 1 is 1.18 bits per heavy atom. The van der Waals surface area contributed by atoms with Gasteiger partial charge in [-0.1, -0.05) is 36.4 Å². The molecule has 3 heterocycles. The Morgan fingerprint density at radius 2 is 2.00 bits per heavy atom. The van der Waals surface area contributed by atoms with Gasteiger partial charge in [-0.3, -0.25) is 4.79 Å². The average molecular weight is 636 g/mol. The number of hydrogen-bond acceptors (Lipinski definition) is 8. The molecule has 0 spiro atoms. The number of benzene rings is 2. The fourth-order valence-corrected chi connectivity index (χ4v) is 7.25. The average Bonchev–Trinajstić information content (AvgIpc) is 3.50. The predicted octanol–water partition coefficient (Wildman–Crippen LogP) is 5.26. The summed E-state index contributed by atoms with van der Waals surface area (Å²) in [6, 6.07) is 11.0. The van der Waals surface area contributed by atoms with E-state index in [1.165, 1.54) is 11.0 Å². The highest BCUT2D eigenvalue weighted by molar-refractivity contribution is 6.36. The molecule has 3 aliphatic rings. The van der Waals surface area contributed by atoms with Crippen LogP contribution in [-0.2, 0) is 17.8 Å². The zero-order valence-electron chi connectivity index (χ0n) is 25.5. The first-order valence-electron chi connectivity index (χ1n) is 15.3. The van der Waals surface area contributed by atoms with Crippen LogP contribution in [-0.4, -0.2) is 84.1 Å². The number of fused-ring (bicyclic) bond motifs is 2. The van der Waals surface area contributed by atoms with Gasteiger partial charge in [0.05, 0.1) is 35.8 Å². The molecule has 2 aromatic carbocycles. The highest BCUT2D eigenvalue weighted by Crippen LogP contribution is 2.39. The maximum absolute atomic E-state index is 14.6. The Hall–Kier alpha value is -4.01. The van der Waals surface area contributed by atoms with Crippen molar-refractivity contribution in [3.8, 4) is 12.1 Å². The minimum absolute atomic E-state index is 0.0465. The number of rotatable bonds is 7. The number of aromatic nitrogens is 2. The zero-order valence-corrected chi connectivity index (χ0v) is 26.2. The molecule has 0 radical (unpaired) electrons. The molecule has 1 amide bonds. The molecule has 0 bridgehead atoms. The lowest BCUT2D eigenvalue weighted by Crippen LogP contribution is -2.55. The summed E-state index contributed by atoms with van der Waals surface area (Å²) in [5.41, 5.74) is 2.57. The highest BCUT2D eigenvalue weighted by atomic mass is 35.5. The standard InChI is InChI=1S/C33H36ClF2N7O2/c1-20(35)32(44)43-17-16-42(18-22(43)12-14-37)31-23-13-15-41(27-8-4-6-21-10-11-24(36)30(34)29(21)27)19-25(23)38-33(39-31)45-28-9-5-7-26(28)40(2)3/h4,6,8,10-11,22,26,28H,1,5,7,9,12-13,15-19H2,2-3H3/t22-,26-,28-/m0/s1. The summed E-state index contributed by atoms with van der Waals surface area (Å²) in [7, 11) is 4.09. The molecule has 3 aromatic rings. The molecule has 1 saturated heterocycles. The van der Waals surface area contributed by atoms with Crippen LogP contribution in [0.15, 0.2) is 42.7 Å². The SMILES string of the molecule is C=C(F)C(=O)N1CCN(c2nc(O[C@H]3CCC[C@@H]3N(C)C)nc3c2CCN(c2cccc4ccc(F)c(Cl)c24)C3)C[C@@H]1CC#N. The Balaban J connectivity index is 1.38. The van der Waals surface area contributed by atoms with Crippen LogP contribution >= 0.6 is 11.6 Å². The third kappa shape index (κ3) is 6.01. The van der Waals surface area contributed by atoms with Gasteiger partial charge >= 0.3 is 6.01 Å². The van der Waals surface area contributed by atoms with Crippen LogP contribution in [0.25, 0.3) is 10.8 Å². The summed E-state index contributed by atoms with van der Waals surface area (Å²) in [5.74, 6) is -1.60. The van der Waals surface area contributed by atoms with E-state index in [9.17, 15) is 18.8 Å². The zero-order chi connectivity index (χ0) is 31.8. The smallest absolute Gasteiger partial charge is 0.319 e. The summed E-state index contributed by atoms with van der Waals surface area (Å²) in [6.45, 7) is 5.14.